The molecule has 1 atom stereocenters. The second-order valence-electron chi connectivity index (χ2n) is 6.35. The van der Waals surface area contributed by atoms with E-state index in [9.17, 15) is 14.7 Å². The van der Waals surface area contributed by atoms with E-state index in [2.05, 4.69) is 9.88 Å². The third-order valence-electron chi connectivity index (χ3n) is 4.58. The lowest BCUT2D eigenvalue weighted by molar-refractivity contribution is 0.0372. The number of hydrogen-bond acceptors (Lipinski definition) is 5. The number of carbonyl (C=O) groups excluding carboxylic acids is 1. The molecule has 1 aliphatic rings. The molecule has 2 aromatic heterocycles. The molecule has 2 N–H and O–H groups in total. The molecule has 134 valence electrons. The normalized spacial score (nSPS) is 18.5. The fraction of sp³-hybridized carbons (Fsp3) is 0.444. The van der Waals surface area contributed by atoms with E-state index in [1.165, 1.54) is 0 Å². The number of amides is 1. The molecule has 2 aromatic rings. The molecule has 0 bridgehead atoms. The highest BCUT2D eigenvalue weighted by Gasteiger charge is 2.30. The number of aliphatic hydroxyl groups is 1. The summed E-state index contributed by atoms with van der Waals surface area (Å²) in [5.41, 5.74) is 0.525. The van der Waals surface area contributed by atoms with Crippen LogP contribution in [0.3, 0.4) is 0 Å². The molecular weight excluding hydrogens is 322 g/mol. The number of H-pyrrole nitrogens is 1. The SMILES string of the molecule is Cc1ccc(C(=O)N2CCN(Cc3ccco3)C(CCO)C2)c(=O)[nH]1. The van der Waals surface area contributed by atoms with Gasteiger partial charge in [-0.15, -0.1) is 0 Å². The van der Waals surface area contributed by atoms with Gasteiger partial charge in [0.2, 0.25) is 0 Å². The Hall–Kier alpha value is -2.38. The number of hydrogen-bond donors (Lipinski definition) is 2. The second kappa shape index (κ2) is 7.67. The maximum Gasteiger partial charge on any atom is 0.260 e. The first-order chi connectivity index (χ1) is 12.1. The van der Waals surface area contributed by atoms with Crippen LogP contribution in [0.4, 0.5) is 0 Å². The first-order valence-electron chi connectivity index (χ1n) is 8.45. The lowest BCUT2D eigenvalue weighted by Crippen LogP contribution is -2.55. The quantitative estimate of drug-likeness (QED) is 0.843. The molecule has 0 radical (unpaired) electrons. The third kappa shape index (κ3) is 4.00. The number of aromatic nitrogens is 1. The smallest absolute Gasteiger partial charge is 0.260 e. The van der Waals surface area contributed by atoms with Crippen LogP contribution in [0.1, 0.15) is 28.2 Å². The Labute approximate surface area is 145 Å². The van der Waals surface area contributed by atoms with Crippen molar-refractivity contribution in [2.24, 2.45) is 0 Å². The summed E-state index contributed by atoms with van der Waals surface area (Å²) in [4.78, 5) is 31.3. The van der Waals surface area contributed by atoms with Gasteiger partial charge in [-0.3, -0.25) is 14.5 Å². The van der Waals surface area contributed by atoms with E-state index in [-0.39, 0.29) is 29.7 Å². The lowest BCUT2D eigenvalue weighted by atomic mass is 10.1. The minimum absolute atomic E-state index is 0.0253. The van der Waals surface area contributed by atoms with Crippen LogP contribution in [-0.2, 0) is 6.54 Å². The van der Waals surface area contributed by atoms with Crippen molar-refractivity contribution in [3.05, 3.63) is 57.9 Å². The fourth-order valence-electron chi connectivity index (χ4n) is 3.22. The minimum atomic E-state index is -0.360. The van der Waals surface area contributed by atoms with Gasteiger partial charge < -0.3 is 19.4 Å². The maximum atomic E-state index is 12.7. The summed E-state index contributed by atoms with van der Waals surface area (Å²) in [7, 11) is 0. The van der Waals surface area contributed by atoms with Gasteiger partial charge in [-0.25, -0.2) is 0 Å². The number of piperazine rings is 1. The van der Waals surface area contributed by atoms with Gasteiger partial charge in [-0.1, -0.05) is 0 Å². The summed E-state index contributed by atoms with van der Waals surface area (Å²) in [6.45, 7) is 4.15. The molecule has 1 unspecified atom stereocenters. The van der Waals surface area contributed by atoms with Crippen molar-refractivity contribution >= 4 is 5.91 Å². The predicted octanol–water partition coefficient (Wildman–Crippen LogP) is 0.985. The van der Waals surface area contributed by atoms with Crippen molar-refractivity contribution in [3.8, 4) is 0 Å². The predicted molar refractivity (Wildman–Crippen MR) is 92.3 cm³/mol. The van der Waals surface area contributed by atoms with E-state index < -0.39 is 0 Å². The number of carbonyl (C=O) groups is 1. The van der Waals surface area contributed by atoms with Crippen molar-refractivity contribution in [3.63, 3.8) is 0 Å². The molecule has 1 aliphatic heterocycles. The van der Waals surface area contributed by atoms with Crippen molar-refractivity contribution in [1.82, 2.24) is 14.8 Å². The molecule has 7 heteroatoms. The Morgan fingerprint density at radius 1 is 1.36 bits per heavy atom. The van der Waals surface area contributed by atoms with Crippen LogP contribution in [0.2, 0.25) is 0 Å². The Morgan fingerprint density at radius 3 is 2.88 bits per heavy atom. The molecular formula is C18H23N3O4. The highest BCUT2D eigenvalue weighted by Crippen LogP contribution is 2.18. The number of aromatic amines is 1. The zero-order valence-electron chi connectivity index (χ0n) is 14.3. The number of furan rings is 1. The minimum Gasteiger partial charge on any atom is -0.468 e. The second-order valence-corrected chi connectivity index (χ2v) is 6.35. The first-order valence-corrected chi connectivity index (χ1v) is 8.45. The Bertz CT molecular complexity index is 769. The van der Waals surface area contributed by atoms with Crippen LogP contribution >= 0.6 is 0 Å². The number of rotatable bonds is 5. The number of nitrogens with one attached hydrogen (secondary N) is 1. The van der Waals surface area contributed by atoms with Crippen molar-refractivity contribution in [2.75, 3.05) is 26.2 Å². The fourth-order valence-corrected chi connectivity index (χ4v) is 3.22. The monoisotopic (exact) mass is 345 g/mol. The third-order valence-corrected chi connectivity index (χ3v) is 4.58. The van der Waals surface area contributed by atoms with E-state index >= 15 is 0 Å². The molecule has 25 heavy (non-hydrogen) atoms. The van der Waals surface area contributed by atoms with Crippen molar-refractivity contribution in [1.29, 1.82) is 0 Å². The lowest BCUT2D eigenvalue weighted by Gasteiger charge is -2.41. The number of pyridine rings is 1. The summed E-state index contributed by atoms with van der Waals surface area (Å²) in [5.74, 6) is 0.597. The zero-order chi connectivity index (χ0) is 17.8. The highest BCUT2D eigenvalue weighted by molar-refractivity contribution is 5.93. The summed E-state index contributed by atoms with van der Waals surface area (Å²) < 4.78 is 5.40. The van der Waals surface area contributed by atoms with E-state index in [0.717, 1.165) is 11.5 Å². The first kappa shape index (κ1) is 17.4. The Balaban J connectivity index is 1.72. The van der Waals surface area contributed by atoms with Gasteiger partial charge in [-0.05, 0) is 37.6 Å². The average Bonchev–Trinajstić information content (AvgIpc) is 3.09. The maximum absolute atomic E-state index is 12.7. The van der Waals surface area contributed by atoms with E-state index in [4.69, 9.17) is 4.42 Å². The number of aliphatic hydroxyl groups excluding tert-OH is 1. The van der Waals surface area contributed by atoms with Crippen LogP contribution in [-0.4, -0.2) is 58.1 Å². The van der Waals surface area contributed by atoms with Gasteiger partial charge >= 0.3 is 0 Å². The van der Waals surface area contributed by atoms with Gasteiger partial charge in [0, 0.05) is 38.0 Å². The molecule has 0 saturated carbocycles. The number of aryl methyl sites for hydroxylation is 1. The van der Waals surface area contributed by atoms with Gasteiger partial charge in [0.15, 0.2) is 0 Å². The van der Waals surface area contributed by atoms with E-state index in [1.54, 1.807) is 30.2 Å². The van der Waals surface area contributed by atoms with Crippen molar-refractivity contribution < 1.29 is 14.3 Å². The van der Waals surface area contributed by atoms with Crippen LogP contribution in [0.25, 0.3) is 0 Å². The Morgan fingerprint density at radius 2 is 2.20 bits per heavy atom. The van der Waals surface area contributed by atoms with E-state index in [1.807, 2.05) is 12.1 Å². The summed E-state index contributed by atoms with van der Waals surface area (Å²) in [5, 5.41) is 9.37. The molecule has 0 aromatic carbocycles. The van der Waals surface area contributed by atoms with Crippen LogP contribution in [0, 0.1) is 6.92 Å². The average molecular weight is 345 g/mol. The highest BCUT2D eigenvalue weighted by atomic mass is 16.3. The van der Waals surface area contributed by atoms with Crippen LogP contribution in [0.5, 0.6) is 0 Å². The van der Waals surface area contributed by atoms with Gasteiger partial charge in [-0.2, -0.15) is 0 Å². The molecule has 0 spiro atoms. The van der Waals surface area contributed by atoms with Crippen LogP contribution in [0.15, 0.2) is 39.7 Å². The molecule has 1 fully saturated rings. The van der Waals surface area contributed by atoms with Crippen molar-refractivity contribution in [2.45, 2.75) is 25.9 Å². The number of nitrogens with zero attached hydrogens (tertiary/aromatic N) is 2. The topological polar surface area (TPSA) is 89.8 Å². The molecule has 1 saturated heterocycles. The van der Waals surface area contributed by atoms with Gasteiger partial charge in [0.1, 0.15) is 11.3 Å². The summed E-state index contributed by atoms with van der Waals surface area (Å²) >= 11 is 0. The molecule has 3 heterocycles. The zero-order valence-corrected chi connectivity index (χ0v) is 14.3. The van der Waals surface area contributed by atoms with Gasteiger partial charge in [0.25, 0.3) is 11.5 Å². The summed E-state index contributed by atoms with van der Waals surface area (Å²) in [6, 6.07) is 7.09. The van der Waals surface area contributed by atoms with Gasteiger partial charge in [0.05, 0.1) is 12.8 Å². The molecule has 1 amide bonds. The summed E-state index contributed by atoms with van der Waals surface area (Å²) in [6.07, 6.45) is 2.20. The van der Waals surface area contributed by atoms with E-state index in [0.29, 0.717) is 32.6 Å². The standard InChI is InChI=1S/C18H23N3O4/c1-13-4-5-16(17(23)19-13)18(24)21-8-7-20(14(11-21)6-9-22)12-15-3-2-10-25-15/h2-5,10,14,22H,6-9,11-12H2,1H3,(H,19,23). The molecule has 7 nitrogen and oxygen atoms in total. The molecule has 0 aliphatic carbocycles. The van der Waals surface area contributed by atoms with Crippen LogP contribution < -0.4 is 5.56 Å². The Kier molecular flexibility index (Phi) is 5.35. The molecule has 3 rings (SSSR count). The largest absolute Gasteiger partial charge is 0.468 e.